The lowest BCUT2D eigenvalue weighted by atomic mass is 9.99. The van der Waals surface area contributed by atoms with E-state index < -0.39 is 0 Å². The zero-order valence-electron chi connectivity index (χ0n) is 13.0. The van der Waals surface area contributed by atoms with Gasteiger partial charge in [0.25, 0.3) is 0 Å². The maximum Gasteiger partial charge on any atom is 0.134 e. The Morgan fingerprint density at radius 2 is 2.00 bits per heavy atom. The topological polar surface area (TPSA) is 34.4 Å². The molecule has 3 rings (SSSR count). The molecular formula is C18H25NO2. The van der Waals surface area contributed by atoms with Crippen molar-refractivity contribution in [3.8, 4) is 0 Å². The molecule has 0 amide bonds. The van der Waals surface area contributed by atoms with Gasteiger partial charge in [-0.15, -0.1) is 0 Å². The summed E-state index contributed by atoms with van der Waals surface area (Å²) >= 11 is 0. The van der Waals surface area contributed by atoms with Gasteiger partial charge in [0.1, 0.15) is 11.3 Å². The Labute approximate surface area is 126 Å². The molecule has 3 nitrogen and oxygen atoms in total. The third-order valence-corrected chi connectivity index (χ3v) is 4.53. The highest BCUT2D eigenvalue weighted by Crippen LogP contribution is 2.30. The molecule has 0 spiro atoms. The summed E-state index contributed by atoms with van der Waals surface area (Å²) in [6.07, 6.45) is 3.34. The minimum absolute atomic E-state index is 0.259. The van der Waals surface area contributed by atoms with Gasteiger partial charge in [0.15, 0.2) is 0 Å². The van der Waals surface area contributed by atoms with Crippen molar-refractivity contribution in [2.24, 2.45) is 5.92 Å². The lowest BCUT2D eigenvalue weighted by Gasteiger charge is -2.24. The molecule has 1 N–H and O–H groups in total. The van der Waals surface area contributed by atoms with Crippen LogP contribution in [0.3, 0.4) is 0 Å². The number of hydrogen-bond acceptors (Lipinski definition) is 3. The fourth-order valence-corrected chi connectivity index (χ4v) is 3.22. The van der Waals surface area contributed by atoms with Crippen LogP contribution < -0.4 is 5.32 Å². The Morgan fingerprint density at radius 1 is 1.24 bits per heavy atom. The first-order chi connectivity index (χ1) is 10.3. The van der Waals surface area contributed by atoms with Gasteiger partial charge in [0.2, 0.25) is 0 Å². The summed E-state index contributed by atoms with van der Waals surface area (Å²) in [5, 5.41) is 4.91. The average Bonchev–Trinajstić information content (AvgIpc) is 2.92. The molecule has 2 aromatic rings. The van der Waals surface area contributed by atoms with E-state index in [1.54, 1.807) is 0 Å². The van der Waals surface area contributed by atoms with E-state index in [-0.39, 0.29) is 6.04 Å². The third-order valence-electron chi connectivity index (χ3n) is 4.53. The van der Waals surface area contributed by atoms with Gasteiger partial charge in [-0.3, -0.25) is 0 Å². The summed E-state index contributed by atoms with van der Waals surface area (Å²) in [6, 6.07) is 8.60. The number of nitrogens with one attached hydrogen (secondary N) is 1. The molecule has 3 heteroatoms. The molecular weight excluding hydrogens is 262 g/mol. The zero-order chi connectivity index (χ0) is 14.7. The standard InChI is InChI=1S/C18H25NO2/c1-3-15-16-6-4-5-7-17(16)21-18(15)13(2)19-12-14-8-10-20-11-9-14/h4-7,13-14,19H,3,8-12H2,1-2H3. The molecule has 1 atom stereocenters. The first-order valence-electron chi connectivity index (χ1n) is 8.11. The molecule has 0 saturated carbocycles. The normalized spacial score (nSPS) is 18.2. The van der Waals surface area contributed by atoms with Gasteiger partial charge in [-0.25, -0.2) is 0 Å². The van der Waals surface area contributed by atoms with Crippen molar-refractivity contribution < 1.29 is 9.15 Å². The van der Waals surface area contributed by atoms with Crippen LogP contribution in [0.15, 0.2) is 28.7 Å². The first-order valence-corrected chi connectivity index (χ1v) is 8.11. The Hall–Kier alpha value is -1.32. The van der Waals surface area contributed by atoms with Gasteiger partial charge < -0.3 is 14.5 Å². The van der Waals surface area contributed by atoms with Crippen molar-refractivity contribution >= 4 is 11.0 Å². The van der Waals surface area contributed by atoms with Gasteiger partial charge in [-0.2, -0.15) is 0 Å². The van der Waals surface area contributed by atoms with Crippen LogP contribution in [0.4, 0.5) is 0 Å². The molecule has 1 aromatic carbocycles. The summed E-state index contributed by atoms with van der Waals surface area (Å²) in [7, 11) is 0. The molecule has 114 valence electrons. The number of hydrogen-bond donors (Lipinski definition) is 1. The molecule has 1 fully saturated rings. The van der Waals surface area contributed by atoms with E-state index in [4.69, 9.17) is 9.15 Å². The predicted octanol–water partition coefficient (Wildman–Crippen LogP) is 4.07. The molecule has 0 radical (unpaired) electrons. The molecule has 2 heterocycles. The van der Waals surface area contributed by atoms with Crippen LogP contribution in [-0.2, 0) is 11.2 Å². The van der Waals surface area contributed by atoms with Crippen LogP contribution in [0, 0.1) is 5.92 Å². The van der Waals surface area contributed by atoms with Crippen LogP contribution in [0.2, 0.25) is 0 Å². The summed E-state index contributed by atoms with van der Waals surface area (Å²) < 4.78 is 11.5. The number of para-hydroxylation sites is 1. The maximum atomic E-state index is 6.10. The van der Waals surface area contributed by atoms with E-state index >= 15 is 0 Å². The number of ether oxygens (including phenoxy) is 1. The van der Waals surface area contributed by atoms with Gasteiger partial charge in [0, 0.05) is 24.2 Å². The largest absolute Gasteiger partial charge is 0.459 e. The molecule has 1 unspecified atom stereocenters. The van der Waals surface area contributed by atoms with Crippen molar-refractivity contribution in [1.82, 2.24) is 5.32 Å². The first kappa shape index (κ1) is 14.6. The maximum absolute atomic E-state index is 6.10. The van der Waals surface area contributed by atoms with Crippen molar-refractivity contribution in [2.75, 3.05) is 19.8 Å². The molecule has 1 aliphatic rings. The lowest BCUT2D eigenvalue weighted by molar-refractivity contribution is 0.0654. The number of benzene rings is 1. The van der Waals surface area contributed by atoms with Crippen LogP contribution in [0.1, 0.15) is 44.1 Å². The highest BCUT2D eigenvalue weighted by molar-refractivity contribution is 5.82. The van der Waals surface area contributed by atoms with Crippen LogP contribution in [0.5, 0.6) is 0 Å². The number of aryl methyl sites for hydroxylation is 1. The highest BCUT2D eigenvalue weighted by Gasteiger charge is 2.20. The number of furan rings is 1. The van der Waals surface area contributed by atoms with E-state index in [9.17, 15) is 0 Å². The smallest absolute Gasteiger partial charge is 0.134 e. The van der Waals surface area contributed by atoms with E-state index in [0.717, 1.165) is 43.4 Å². The molecule has 1 aromatic heterocycles. The monoisotopic (exact) mass is 287 g/mol. The Bertz CT molecular complexity index is 584. The molecule has 21 heavy (non-hydrogen) atoms. The number of fused-ring (bicyclic) bond motifs is 1. The van der Waals surface area contributed by atoms with Crippen LogP contribution >= 0.6 is 0 Å². The molecule has 0 bridgehead atoms. The van der Waals surface area contributed by atoms with Gasteiger partial charge in [0.05, 0.1) is 6.04 Å². The Morgan fingerprint density at radius 3 is 2.76 bits per heavy atom. The summed E-state index contributed by atoms with van der Waals surface area (Å²) in [5.41, 5.74) is 2.35. The van der Waals surface area contributed by atoms with Gasteiger partial charge in [-0.1, -0.05) is 25.1 Å². The van der Waals surface area contributed by atoms with Crippen molar-refractivity contribution in [3.05, 3.63) is 35.6 Å². The molecule has 1 saturated heterocycles. The third kappa shape index (κ3) is 3.14. The lowest BCUT2D eigenvalue weighted by Crippen LogP contribution is -2.29. The fraction of sp³-hybridized carbons (Fsp3) is 0.556. The molecule has 0 aliphatic carbocycles. The van der Waals surface area contributed by atoms with E-state index in [2.05, 4.69) is 37.4 Å². The van der Waals surface area contributed by atoms with E-state index in [1.165, 1.54) is 23.8 Å². The summed E-state index contributed by atoms with van der Waals surface area (Å²) in [4.78, 5) is 0. The van der Waals surface area contributed by atoms with Gasteiger partial charge >= 0.3 is 0 Å². The van der Waals surface area contributed by atoms with Gasteiger partial charge in [-0.05, 0) is 44.7 Å². The second-order valence-electron chi connectivity index (χ2n) is 5.98. The summed E-state index contributed by atoms with van der Waals surface area (Å²) in [5.74, 6) is 1.83. The van der Waals surface area contributed by atoms with Crippen molar-refractivity contribution in [2.45, 2.75) is 39.2 Å². The van der Waals surface area contributed by atoms with Crippen LogP contribution in [0.25, 0.3) is 11.0 Å². The minimum atomic E-state index is 0.259. The quantitative estimate of drug-likeness (QED) is 0.900. The van der Waals surface area contributed by atoms with Crippen molar-refractivity contribution in [3.63, 3.8) is 0 Å². The zero-order valence-corrected chi connectivity index (χ0v) is 13.0. The van der Waals surface area contributed by atoms with E-state index in [0.29, 0.717) is 0 Å². The Balaban J connectivity index is 1.72. The van der Waals surface area contributed by atoms with Crippen LogP contribution in [-0.4, -0.2) is 19.8 Å². The average molecular weight is 287 g/mol. The SMILES string of the molecule is CCc1c(C(C)NCC2CCOCC2)oc2ccccc12. The highest BCUT2D eigenvalue weighted by atomic mass is 16.5. The predicted molar refractivity (Wildman–Crippen MR) is 85.6 cm³/mol. The van der Waals surface area contributed by atoms with Crippen molar-refractivity contribution in [1.29, 1.82) is 0 Å². The molecule has 1 aliphatic heterocycles. The Kier molecular flexibility index (Phi) is 4.61. The second kappa shape index (κ2) is 6.63. The van der Waals surface area contributed by atoms with E-state index in [1.807, 2.05) is 6.07 Å². The minimum Gasteiger partial charge on any atom is -0.459 e. The number of rotatable bonds is 5. The second-order valence-corrected chi connectivity index (χ2v) is 5.98. The fourth-order valence-electron chi connectivity index (χ4n) is 3.22. The summed E-state index contributed by atoms with van der Waals surface area (Å²) in [6.45, 7) is 7.27.